The van der Waals surface area contributed by atoms with Gasteiger partial charge in [0.2, 0.25) is 0 Å². The molecule has 2 heterocycles. The molecule has 4 aromatic rings. The van der Waals surface area contributed by atoms with Crippen LogP contribution >= 0.6 is 23.2 Å². The normalized spacial score (nSPS) is 10.9. The first-order valence-corrected chi connectivity index (χ1v) is 8.91. The molecule has 0 radical (unpaired) electrons. The minimum Gasteiger partial charge on any atom is -0.495 e. The Hall–Kier alpha value is -3.03. The number of ether oxygens (including phenoxy) is 2. The average molecular weight is 417 g/mol. The fourth-order valence-corrected chi connectivity index (χ4v) is 3.23. The SMILES string of the molecule is COc1cc(OC)c(Nc2ncnc3onc(-c4cccc(Cl)c4)c23)cc1Cl. The van der Waals surface area contributed by atoms with Gasteiger partial charge in [0, 0.05) is 16.7 Å². The summed E-state index contributed by atoms with van der Waals surface area (Å²) in [6.45, 7) is 0. The van der Waals surface area contributed by atoms with E-state index in [0.29, 0.717) is 49.8 Å². The number of nitrogens with zero attached hydrogens (tertiary/aromatic N) is 3. The summed E-state index contributed by atoms with van der Waals surface area (Å²) < 4.78 is 16.1. The van der Waals surface area contributed by atoms with E-state index in [-0.39, 0.29) is 0 Å². The van der Waals surface area contributed by atoms with Crippen molar-refractivity contribution in [1.82, 2.24) is 15.1 Å². The molecule has 1 N–H and O–H groups in total. The quantitative estimate of drug-likeness (QED) is 0.469. The first-order valence-electron chi connectivity index (χ1n) is 8.15. The molecular weight excluding hydrogens is 403 g/mol. The summed E-state index contributed by atoms with van der Waals surface area (Å²) in [6.07, 6.45) is 1.38. The largest absolute Gasteiger partial charge is 0.495 e. The van der Waals surface area contributed by atoms with Crippen molar-refractivity contribution in [3.05, 3.63) is 52.8 Å². The highest BCUT2D eigenvalue weighted by atomic mass is 35.5. The molecule has 0 spiro atoms. The number of halogens is 2. The van der Waals surface area contributed by atoms with E-state index in [1.165, 1.54) is 13.4 Å². The van der Waals surface area contributed by atoms with Crippen LogP contribution in [0.3, 0.4) is 0 Å². The summed E-state index contributed by atoms with van der Waals surface area (Å²) in [5, 5.41) is 8.99. The van der Waals surface area contributed by atoms with Gasteiger partial charge in [0.1, 0.15) is 34.7 Å². The Bertz CT molecular complexity index is 1160. The van der Waals surface area contributed by atoms with E-state index in [0.717, 1.165) is 5.56 Å². The molecule has 28 heavy (non-hydrogen) atoms. The highest BCUT2D eigenvalue weighted by Crippen LogP contribution is 2.39. The van der Waals surface area contributed by atoms with Crippen LogP contribution in [0.1, 0.15) is 0 Å². The van der Waals surface area contributed by atoms with Crippen molar-refractivity contribution in [1.29, 1.82) is 0 Å². The van der Waals surface area contributed by atoms with Crippen molar-refractivity contribution < 1.29 is 14.0 Å². The second-order valence-corrected chi connectivity index (χ2v) is 6.60. The third-order valence-electron chi connectivity index (χ3n) is 4.10. The van der Waals surface area contributed by atoms with Gasteiger partial charge in [0.15, 0.2) is 0 Å². The monoisotopic (exact) mass is 416 g/mol. The van der Waals surface area contributed by atoms with Crippen LogP contribution in [0.15, 0.2) is 47.2 Å². The van der Waals surface area contributed by atoms with Crippen LogP contribution in [0, 0.1) is 0 Å². The van der Waals surface area contributed by atoms with Crippen molar-refractivity contribution in [2.45, 2.75) is 0 Å². The van der Waals surface area contributed by atoms with Gasteiger partial charge in [-0.2, -0.15) is 4.98 Å². The Balaban J connectivity index is 1.84. The molecule has 0 aliphatic rings. The molecule has 0 saturated carbocycles. The molecule has 4 rings (SSSR count). The number of fused-ring (bicyclic) bond motifs is 1. The van der Waals surface area contributed by atoms with Gasteiger partial charge in [-0.25, -0.2) is 4.98 Å². The van der Waals surface area contributed by atoms with Crippen molar-refractivity contribution in [3.63, 3.8) is 0 Å². The number of benzene rings is 2. The molecule has 0 fully saturated rings. The molecule has 0 amide bonds. The Morgan fingerprint density at radius 1 is 1.00 bits per heavy atom. The summed E-state index contributed by atoms with van der Waals surface area (Å²) in [5.74, 6) is 1.52. The van der Waals surface area contributed by atoms with Crippen molar-refractivity contribution in [2.75, 3.05) is 19.5 Å². The summed E-state index contributed by atoms with van der Waals surface area (Å²) in [7, 11) is 3.09. The third-order valence-corrected chi connectivity index (χ3v) is 4.63. The highest BCUT2D eigenvalue weighted by Gasteiger charge is 2.19. The van der Waals surface area contributed by atoms with Crippen LogP contribution in [0.2, 0.25) is 10.0 Å². The lowest BCUT2D eigenvalue weighted by Gasteiger charge is -2.13. The first-order chi connectivity index (χ1) is 13.6. The van der Waals surface area contributed by atoms with Gasteiger partial charge in [0.25, 0.3) is 5.71 Å². The molecule has 0 unspecified atom stereocenters. The Morgan fingerprint density at radius 3 is 2.57 bits per heavy atom. The van der Waals surface area contributed by atoms with Gasteiger partial charge >= 0.3 is 0 Å². The van der Waals surface area contributed by atoms with Crippen molar-refractivity contribution >= 4 is 45.8 Å². The molecular formula is C19H14Cl2N4O3. The third kappa shape index (κ3) is 3.30. The maximum absolute atomic E-state index is 6.27. The minimum absolute atomic E-state index is 0.339. The second-order valence-electron chi connectivity index (χ2n) is 5.76. The van der Waals surface area contributed by atoms with Crippen LogP contribution in [0.25, 0.3) is 22.4 Å². The van der Waals surface area contributed by atoms with Crippen molar-refractivity contribution in [3.8, 4) is 22.8 Å². The van der Waals surface area contributed by atoms with Gasteiger partial charge in [-0.3, -0.25) is 0 Å². The molecule has 2 aromatic carbocycles. The standard InChI is InChI=1S/C19H14Cl2N4O3/c1-26-14-8-15(27-2)13(7-12(14)21)24-18-16-17(10-4-3-5-11(20)6-10)25-28-19(16)23-9-22-18/h3-9H,1-2H3,(H,22,23,24). The maximum Gasteiger partial charge on any atom is 0.263 e. The van der Waals surface area contributed by atoms with Crippen LogP contribution in [-0.2, 0) is 0 Å². The zero-order valence-corrected chi connectivity index (χ0v) is 16.4. The van der Waals surface area contributed by atoms with E-state index < -0.39 is 0 Å². The molecule has 0 atom stereocenters. The Labute approximate surface area is 170 Å². The molecule has 0 aliphatic carbocycles. The number of methoxy groups -OCH3 is 2. The van der Waals surface area contributed by atoms with E-state index in [4.69, 9.17) is 37.2 Å². The fourth-order valence-electron chi connectivity index (χ4n) is 2.80. The predicted molar refractivity (Wildman–Crippen MR) is 108 cm³/mol. The van der Waals surface area contributed by atoms with Crippen LogP contribution < -0.4 is 14.8 Å². The van der Waals surface area contributed by atoms with Crippen molar-refractivity contribution in [2.24, 2.45) is 0 Å². The number of anilines is 2. The lowest BCUT2D eigenvalue weighted by atomic mass is 10.1. The number of rotatable bonds is 5. The molecule has 142 valence electrons. The average Bonchev–Trinajstić information content (AvgIpc) is 3.13. The van der Waals surface area contributed by atoms with E-state index in [1.54, 1.807) is 31.4 Å². The van der Waals surface area contributed by atoms with Gasteiger partial charge in [-0.05, 0) is 18.2 Å². The van der Waals surface area contributed by atoms with E-state index in [9.17, 15) is 0 Å². The molecule has 0 saturated heterocycles. The number of hydrogen-bond donors (Lipinski definition) is 1. The Morgan fingerprint density at radius 2 is 1.82 bits per heavy atom. The minimum atomic E-state index is 0.339. The number of aromatic nitrogens is 3. The lowest BCUT2D eigenvalue weighted by Crippen LogP contribution is -1.99. The van der Waals surface area contributed by atoms with Crippen LogP contribution in [-0.4, -0.2) is 29.3 Å². The van der Waals surface area contributed by atoms with E-state index >= 15 is 0 Å². The highest BCUT2D eigenvalue weighted by molar-refractivity contribution is 6.32. The van der Waals surface area contributed by atoms with E-state index in [1.807, 2.05) is 12.1 Å². The Kier molecular flexibility index (Phi) is 4.93. The number of nitrogens with one attached hydrogen (secondary N) is 1. The van der Waals surface area contributed by atoms with E-state index in [2.05, 4.69) is 20.4 Å². The smallest absolute Gasteiger partial charge is 0.263 e. The second kappa shape index (κ2) is 7.53. The molecule has 2 aromatic heterocycles. The van der Waals surface area contributed by atoms with Gasteiger partial charge < -0.3 is 19.3 Å². The summed E-state index contributed by atoms with van der Waals surface area (Å²) >= 11 is 12.4. The lowest BCUT2D eigenvalue weighted by molar-refractivity contribution is 0.396. The summed E-state index contributed by atoms with van der Waals surface area (Å²) in [4.78, 5) is 8.49. The first kappa shape index (κ1) is 18.3. The molecule has 0 bridgehead atoms. The maximum atomic E-state index is 6.27. The van der Waals surface area contributed by atoms with Crippen LogP contribution in [0.5, 0.6) is 11.5 Å². The van der Waals surface area contributed by atoms with Gasteiger partial charge in [-0.1, -0.05) is 40.5 Å². The van der Waals surface area contributed by atoms with Crippen LogP contribution in [0.4, 0.5) is 11.5 Å². The zero-order valence-electron chi connectivity index (χ0n) is 14.9. The molecule has 7 nitrogen and oxygen atoms in total. The number of hydrogen-bond acceptors (Lipinski definition) is 7. The fraction of sp³-hybridized carbons (Fsp3) is 0.105. The topological polar surface area (TPSA) is 82.3 Å². The zero-order chi connectivity index (χ0) is 19.7. The van der Waals surface area contributed by atoms with Gasteiger partial charge in [-0.15, -0.1) is 0 Å². The molecule has 0 aliphatic heterocycles. The predicted octanol–water partition coefficient (Wildman–Crippen LogP) is 5.35. The van der Waals surface area contributed by atoms with Gasteiger partial charge in [0.05, 0.1) is 24.9 Å². The summed E-state index contributed by atoms with van der Waals surface area (Å²) in [6, 6.07) is 10.7. The molecule has 9 heteroatoms. The summed E-state index contributed by atoms with van der Waals surface area (Å²) in [5.41, 5.74) is 2.29.